The van der Waals surface area contributed by atoms with Gasteiger partial charge < -0.3 is 0 Å². The lowest BCUT2D eigenvalue weighted by Crippen LogP contribution is -2.32. The van der Waals surface area contributed by atoms with Crippen LogP contribution in [0.25, 0.3) is 0 Å². The number of likely N-dealkylation sites (tertiary alicyclic amines) is 1. The number of amides is 2. The Hall–Kier alpha value is -2.02. The molecule has 2 rings (SSSR count). The van der Waals surface area contributed by atoms with Crippen molar-refractivity contribution in [2.45, 2.75) is 13.3 Å². The lowest BCUT2D eigenvalue weighted by Gasteiger charge is -2.14. The summed E-state index contributed by atoms with van der Waals surface area (Å²) in [5.74, 6) is -0.988. The maximum Gasteiger partial charge on any atom is 0.300 e. The minimum Gasteiger partial charge on any atom is -0.278 e. The minimum atomic E-state index is -0.722. The number of rotatable bonds is 2. The Morgan fingerprint density at radius 2 is 2.32 bits per heavy atom. The summed E-state index contributed by atoms with van der Waals surface area (Å²) in [6, 6.07) is 1.11. The molecule has 1 aliphatic heterocycles. The molecule has 1 fully saturated rings. The van der Waals surface area contributed by atoms with E-state index in [1.807, 2.05) is 6.92 Å². The highest BCUT2D eigenvalue weighted by molar-refractivity contribution is 6.30. The average Bonchev–Trinajstić information content (AvgIpc) is 2.67. The number of hydrogen-bond acceptors (Lipinski definition) is 5. The van der Waals surface area contributed by atoms with E-state index in [9.17, 15) is 19.7 Å². The zero-order valence-corrected chi connectivity index (χ0v) is 10.8. The maximum absolute atomic E-state index is 12.2. The Labute approximate surface area is 113 Å². The predicted molar refractivity (Wildman–Crippen MR) is 65.7 cm³/mol. The van der Waals surface area contributed by atoms with Crippen molar-refractivity contribution in [2.24, 2.45) is 5.92 Å². The van der Waals surface area contributed by atoms with Gasteiger partial charge in [0, 0.05) is 13.0 Å². The van der Waals surface area contributed by atoms with Crippen LogP contribution in [0.2, 0.25) is 5.15 Å². The van der Waals surface area contributed by atoms with Gasteiger partial charge in [0.05, 0.1) is 4.92 Å². The number of aromatic nitrogens is 1. The van der Waals surface area contributed by atoms with Gasteiger partial charge in [0.2, 0.25) is 5.91 Å². The van der Waals surface area contributed by atoms with Crippen LogP contribution in [0, 0.1) is 16.0 Å². The molecular formula is C11H10ClN3O4. The number of carbonyl (C=O) groups is 2. The highest BCUT2D eigenvalue weighted by atomic mass is 35.5. The van der Waals surface area contributed by atoms with E-state index in [0.29, 0.717) is 0 Å². The summed E-state index contributed by atoms with van der Waals surface area (Å²) in [7, 11) is 0. The van der Waals surface area contributed by atoms with E-state index in [1.54, 1.807) is 0 Å². The van der Waals surface area contributed by atoms with Gasteiger partial charge in [-0.1, -0.05) is 18.5 Å². The average molecular weight is 284 g/mol. The van der Waals surface area contributed by atoms with Crippen LogP contribution in [0.5, 0.6) is 0 Å². The lowest BCUT2D eigenvalue weighted by atomic mass is 10.2. The first-order valence-corrected chi connectivity index (χ1v) is 5.92. The number of imide groups is 1. The van der Waals surface area contributed by atoms with Gasteiger partial charge in [0.25, 0.3) is 11.6 Å². The molecule has 1 saturated heterocycles. The van der Waals surface area contributed by atoms with Crippen LogP contribution in [0.4, 0.5) is 5.69 Å². The molecule has 2 heterocycles. The van der Waals surface area contributed by atoms with E-state index < -0.39 is 16.5 Å². The molecular weight excluding hydrogens is 274 g/mol. The van der Waals surface area contributed by atoms with Gasteiger partial charge in [-0.2, -0.15) is 0 Å². The Kier molecular flexibility index (Phi) is 3.48. The van der Waals surface area contributed by atoms with Gasteiger partial charge in [-0.15, -0.1) is 0 Å². The van der Waals surface area contributed by atoms with Crippen LogP contribution in [0.3, 0.4) is 0 Å². The molecule has 0 saturated carbocycles. The van der Waals surface area contributed by atoms with Crippen molar-refractivity contribution in [3.8, 4) is 0 Å². The van der Waals surface area contributed by atoms with Crippen molar-refractivity contribution in [1.29, 1.82) is 0 Å². The number of nitrogens with zero attached hydrogens (tertiary/aromatic N) is 3. The topological polar surface area (TPSA) is 93.4 Å². The van der Waals surface area contributed by atoms with Gasteiger partial charge in [-0.3, -0.25) is 24.6 Å². The number of halogens is 1. The number of nitro groups is 1. The Morgan fingerprint density at radius 1 is 1.63 bits per heavy atom. The van der Waals surface area contributed by atoms with Gasteiger partial charge >= 0.3 is 0 Å². The molecule has 100 valence electrons. The molecule has 1 aromatic heterocycles. The predicted octanol–water partition coefficient (Wildman–Crippen LogP) is 1.65. The second-order valence-corrected chi connectivity index (χ2v) is 4.79. The molecule has 7 nitrogen and oxygen atoms in total. The van der Waals surface area contributed by atoms with Crippen molar-refractivity contribution in [2.75, 3.05) is 6.54 Å². The smallest absolute Gasteiger partial charge is 0.278 e. The third-order valence-electron chi connectivity index (χ3n) is 2.84. The van der Waals surface area contributed by atoms with Crippen molar-refractivity contribution in [3.63, 3.8) is 0 Å². The van der Waals surface area contributed by atoms with Gasteiger partial charge in [0.1, 0.15) is 16.9 Å². The lowest BCUT2D eigenvalue weighted by molar-refractivity contribution is -0.385. The van der Waals surface area contributed by atoms with Gasteiger partial charge in [0.15, 0.2) is 0 Å². The highest BCUT2D eigenvalue weighted by Crippen LogP contribution is 2.25. The van der Waals surface area contributed by atoms with Crippen molar-refractivity contribution >= 4 is 29.1 Å². The third-order valence-corrected chi connectivity index (χ3v) is 3.05. The SMILES string of the molecule is CC1CC(=O)N(C(=O)c2cc(Cl)ncc2[N+](=O)[O-])C1. The first-order valence-electron chi connectivity index (χ1n) is 5.54. The highest BCUT2D eigenvalue weighted by Gasteiger charge is 2.35. The molecule has 0 N–H and O–H groups in total. The molecule has 1 aliphatic rings. The summed E-state index contributed by atoms with van der Waals surface area (Å²) in [6.07, 6.45) is 1.18. The maximum atomic E-state index is 12.2. The third kappa shape index (κ3) is 2.55. The van der Waals surface area contributed by atoms with E-state index in [0.717, 1.165) is 17.2 Å². The zero-order chi connectivity index (χ0) is 14.2. The Morgan fingerprint density at radius 3 is 2.84 bits per heavy atom. The molecule has 0 aromatic carbocycles. The number of pyridine rings is 1. The summed E-state index contributed by atoms with van der Waals surface area (Å²) in [6.45, 7) is 2.09. The van der Waals surface area contributed by atoms with Crippen molar-refractivity contribution in [1.82, 2.24) is 9.88 Å². The minimum absolute atomic E-state index is 0.0337. The number of carbonyl (C=O) groups excluding carboxylic acids is 2. The van der Waals surface area contributed by atoms with Crippen molar-refractivity contribution in [3.05, 3.63) is 33.1 Å². The molecule has 1 unspecified atom stereocenters. The van der Waals surface area contributed by atoms with Crippen LogP contribution >= 0.6 is 11.6 Å². The summed E-state index contributed by atoms with van der Waals surface area (Å²) in [5, 5.41) is 10.8. The fourth-order valence-electron chi connectivity index (χ4n) is 1.97. The van der Waals surface area contributed by atoms with E-state index in [2.05, 4.69) is 4.98 Å². The molecule has 19 heavy (non-hydrogen) atoms. The molecule has 1 atom stereocenters. The standard InChI is InChI=1S/C11H10ClN3O4/c1-6-2-10(16)14(5-6)11(17)7-3-9(12)13-4-8(7)15(18)19/h3-4,6H,2,5H2,1H3. The van der Waals surface area contributed by atoms with E-state index in [1.165, 1.54) is 0 Å². The number of hydrogen-bond donors (Lipinski definition) is 0. The summed E-state index contributed by atoms with van der Waals surface area (Å²) < 4.78 is 0. The van der Waals surface area contributed by atoms with Crippen LogP contribution in [-0.4, -0.2) is 33.2 Å². The van der Waals surface area contributed by atoms with E-state index in [4.69, 9.17) is 11.6 Å². The molecule has 0 spiro atoms. The monoisotopic (exact) mass is 283 g/mol. The molecule has 2 amide bonds. The Balaban J connectivity index is 2.41. The van der Waals surface area contributed by atoms with Crippen LogP contribution < -0.4 is 0 Å². The van der Waals surface area contributed by atoms with E-state index in [-0.39, 0.29) is 35.5 Å². The quantitative estimate of drug-likeness (QED) is 0.356. The van der Waals surface area contributed by atoms with Crippen LogP contribution in [0.1, 0.15) is 23.7 Å². The molecule has 0 bridgehead atoms. The summed E-state index contributed by atoms with van der Waals surface area (Å²) in [4.78, 5) is 38.6. The van der Waals surface area contributed by atoms with Gasteiger partial charge in [-0.25, -0.2) is 4.98 Å². The molecule has 0 radical (unpaired) electrons. The van der Waals surface area contributed by atoms with Crippen LogP contribution in [-0.2, 0) is 4.79 Å². The second kappa shape index (κ2) is 4.93. The largest absolute Gasteiger partial charge is 0.300 e. The zero-order valence-electron chi connectivity index (χ0n) is 10.00. The fraction of sp³-hybridized carbons (Fsp3) is 0.364. The normalized spacial score (nSPS) is 18.7. The molecule has 8 heteroatoms. The second-order valence-electron chi connectivity index (χ2n) is 4.40. The first kappa shape index (κ1) is 13.4. The fourth-order valence-corrected chi connectivity index (χ4v) is 2.13. The van der Waals surface area contributed by atoms with E-state index >= 15 is 0 Å². The first-order chi connectivity index (χ1) is 8.90. The summed E-state index contributed by atoms with van der Waals surface area (Å²) in [5.41, 5.74) is -0.672. The van der Waals surface area contributed by atoms with Crippen molar-refractivity contribution < 1.29 is 14.5 Å². The molecule has 0 aliphatic carbocycles. The molecule has 1 aromatic rings. The van der Waals surface area contributed by atoms with Gasteiger partial charge in [-0.05, 0) is 12.0 Å². The summed E-state index contributed by atoms with van der Waals surface area (Å²) >= 11 is 5.65. The Bertz CT molecular complexity index is 575. The van der Waals surface area contributed by atoms with Crippen LogP contribution in [0.15, 0.2) is 12.3 Å².